The number of alkyl halides is 1. The number of carbonyl (C=O) groups is 1. The molecule has 4 heteroatoms. The second-order valence-electron chi connectivity index (χ2n) is 2.37. The van der Waals surface area contributed by atoms with E-state index in [-0.39, 0.29) is 12.0 Å². The molecule has 0 saturated heterocycles. The molecule has 0 aliphatic heterocycles. The van der Waals surface area contributed by atoms with Crippen LogP contribution in [0.1, 0.15) is 13.3 Å². The first-order chi connectivity index (χ1) is 4.95. The quantitative estimate of drug-likeness (QED) is 0.499. The minimum atomic E-state index is -1.07. The van der Waals surface area contributed by atoms with Gasteiger partial charge in [0.25, 0.3) is 0 Å². The van der Waals surface area contributed by atoms with Gasteiger partial charge >= 0.3 is 5.97 Å². The molecule has 0 spiro atoms. The molecular formula is C7H11ClO3. The molecule has 0 aromatic carbocycles. The molecule has 0 aliphatic rings. The second-order valence-corrected chi connectivity index (χ2v) is 2.93. The third-order valence-electron chi connectivity index (χ3n) is 1.27. The molecule has 0 radical (unpaired) electrons. The molecule has 2 unspecified atom stereocenters. The summed E-state index contributed by atoms with van der Waals surface area (Å²) in [6, 6.07) is 0. The van der Waals surface area contributed by atoms with Gasteiger partial charge in [-0.3, -0.25) is 0 Å². The molecule has 0 aromatic heterocycles. The Hall–Kier alpha value is -0.540. The van der Waals surface area contributed by atoms with Gasteiger partial charge in [-0.1, -0.05) is 6.58 Å². The number of aliphatic hydroxyl groups is 1. The van der Waals surface area contributed by atoms with E-state index < -0.39 is 17.5 Å². The topological polar surface area (TPSA) is 57.5 Å². The lowest BCUT2D eigenvalue weighted by Gasteiger charge is -2.11. The van der Waals surface area contributed by atoms with E-state index in [9.17, 15) is 4.79 Å². The summed E-state index contributed by atoms with van der Waals surface area (Å²) >= 11 is 5.58. The number of halogens is 1. The third kappa shape index (κ3) is 4.01. The predicted octanol–water partition coefficient (Wildman–Crippen LogP) is 1.01. The molecule has 0 heterocycles. The van der Waals surface area contributed by atoms with Gasteiger partial charge < -0.3 is 10.2 Å². The largest absolute Gasteiger partial charge is 0.478 e. The van der Waals surface area contributed by atoms with Crippen molar-refractivity contribution in [3.05, 3.63) is 12.2 Å². The molecule has 0 saturated carbocycles. The van der Waals surface area contributed by atoms with Gasteiger partial charge in [0.15, 0.2) is 0 Å². The van der Waals surface area contributed by atoms with Crippen molar-refractivity contribution in [3.8, 4) is 0 Å². The maximum atomic E-state index is 10.2. The summed E-state index contributed by atoms with van der Waals surface area (Å²) in [5, 5.41) is 16.7. The predicted molar refractivity (Wildman–Crippen MR) is 42.7 cm³/mol. The summed E-state index contributed by atoms with van der Waals surface area (Å²) in [4.78, 5) is 10.2. The number of aliphatic hydroxyl groups excluding tert-OH is 1. The van der Waals surface area contributed by atoms with Gasteiger partial charge in [0.1, 0.15) is 0 Å². The smallest absolute Gasteiger partial charge is 0.331 e. The van der Waals surface area contributed by atoms with E-state index in [4.69, 9.17) is 21.8 Å². The number of aliphatic carboxylic acids is 1. The Balaban J connectivity index is 3.85. The molecule has 2 N–H and O–H groups in total. The first-order valence-electron chi connectivity index (χ1n) is 3.18. The van der Waals surface area contributed by atoms with Crippen LogP contribution in [0, 0.1) is 0 Å². The fourth-order valence-corrected chi connectivity index (χ4v) is 0.680. The van der Waals surface area contributed by atoms with E-state index in [1.54, 1.807) is 0 Å². The van der Waals surface area contributed by atoms with Gasteiger partial charge in [0.2, 0.25) is 0 Å². The van der Waals surface area contributed by atoms with E-state index in [1.165, 1.54) is 6.92 Å². The zero-order chi connectivity index (χ0) is 9.02. The summed E-state index contributed by atoms with van der Waals surface area (Å²) in [5.41, 5.74) is 0.0194. The van der Waals surface area contributed by atoms with Gasteiger partial charge in [-0.25, -0.2) is 4.79 Å². The SMILES string of the molecule is C=C(CC(Cl)C(C)O)C(=O)O. The lowest BCUT2D eigenvalue weighted by Crippen LogP contribution is -2.18. The van der Waals surface area contributed by atoms with Crippen LogP contribution >= 0.6 is 11.6 Å². The summed E-state index contributed by atoms with van der Waals surface area (Å²) in [6.07, 6.45) is -0.609. The average Bonchev–Trinajstić information content (AvgIpc) is 1.87. The van der Waals surface area contributed by atoms with Crippen molar-refractivity contribution in [2.75, 3.05) is 0 Å². The standard InChI is InChI=1S/C7H11ClO3/c1-4(7(10)11)3-6(8)5(2)9/h5-6,9H,1,3H2,2H3,(H,10,11). The average molecular weight is 179 g/mol. The minimum Gasteiger partial charge on any atom is -0.478 e. The lowest BCUT2D eigenvalue weighted by atomic mass is 10.1. The van der Waals surface area contributed by atoms with Crippen LogP contribution in [0.25, 0.3) is 0 Å². The summed E-state index contributed by atoms with van der Waals surface area (Å²) < 4.78 is 0. The molecule has 0 rings (SSSR count). The van der Waals surface area contributed by atoms with Crippen LogP contribution in [0.3, 0.4) is 0 Å². The Bertz CT molecular complexity index is 165. The molecule has 3 nitrogen and oxygen atoms in total. The molecule has 64 valence electrons. The number of carboxylic acid groups (broad SMARTS) is 1. The van der Waals surface area contributed by atoms with Crippen molar-refractivity contribution >= 4 is 17.6 Å². The Kier molecular flexibility index (Phi) is 4.15. The molecule has 0 aliphatic carbocycles. The van der Waals surface area contributed by atoms with Crippen LogP contribution in [0.15, 0.2) is 12.2 Å². The first kappa shape index (κ1) is 10.5. The van der Waals surface area contributed by atoms with Gasteiger partial charge in [-0.2, -0.15) is 0 Å². The highest BCUT2D eigenvalue weighted by Gasteiger charge is 2.15. The minimum absolute atomic E-state index is 0.0194. The van der Waals surface area contributed by atoms with E-state index in [0.29, 0.717) is 0 Å². The normalized spacial score (nSPS) is 15.5. The molecule has 0 aromatic rings. The van der Waals surface area contributed by atoms with E-state index in [2.05, 4.69) is 6.58 Å². The first-order valence-corrected chi connectivity index (χ1v) is 3.62. The van der Waals surface area contributed by atoms with Gasteiger partial charge in [0.05, 0.1) is 11.5 Å². The Morgan fingerprint density at radius 3 is 2.45 bits per heavy atom. The Morgan fingerprint density at radius 1 is 1.73 bits per heavy atom. The zero-order valence-corrected chi connectivity index (χ0v) is 7.01. The van der Waals surface area contributed by atoms with Crippen LogP contribution in [-0.4, -0.2) is 27.7 Å². The van der Waals surface area contributed by atoms with Crippen molar-refractivity contribution in [1.29, 1.82) is 0 Å². The maximum Gasteiger partial charge on any atom is 0.331 e. The molecule has 0 fully saturated rings. The highest BCUT2D eigenvalue weighted by atomic mass is 35.5. The number of hydrogen-bond donors (Lipinski definition) is 2. The highest BCUT2D eigenvalue weighted by molar-refractivity contribution is 6.21. The third-order valence-corrected chi connectivity index (χ3v) is 1.79. The van der Waals surface area contributed by atoms with E-state index in [1.807, 2.05) is 0 Å². The molecule has 2 atom stereocenters. The fourth-order valence-electron chi connectivity index (χ4n) is 0.493. The second kappa shape index (κ2) is 4.36. The van der Waals surface area contributed by atoms with Crippen LogP contribution in [0.4, 0.5) is 0 Å². The molecular weight excluding hydrogens is 168 g/mol. The monoisotopic (exact) mass is 178 g/mol. The summed E-state index contributed by atoms with van der Waals surface area (Å²) in [5.74, 6) is -1.07. The van der Waals surface area contributed by atoms with Crippen LogP contribution in [-0.2, 0) is 4.79 Å². The van der Waals surface area contributed by atoms with Crippen molar-refractivity contribution in [2.45, 2.75) is 24.8 Å². The van der Waals surface area contributed by atoms with Crippen molar-refractivity contribution in [2.24, 2.45) is 0 Å². The highest BCUT2D eigenvalue weighted by Crippen LogP contribution is 2.12. The van der Waals surface area contributed by atoms with Crippen molar-refractivity contribution in [1.82, 2.24) is 0 Å². The zero-order valence-electron chi connectivity index (χ0n) is 6.25. The summed E-state index contributed by atoms with van der Waals surface area (Å²) in [6.45, 7) is 4.79. The van der Waals surface area contributed by atoms with Crippen LogP contribution < -0.4 is 0 Å². The van der Waals surface area contributed by atoms with Gasteiger partial charge in [0, 0.05) is 5.57 Å². The van der Waals surface area contributed by atoms with E-state index >= 15 is 0 Å². The summed E-state index contributed by atoms with van der Waals surface area (Å²) in [7, 11) is 0. The maximum absolute atomic E-state index is 10.2. The van der Waals surface area contributed by atoms with Crippen LogP contribution in [0.5, 0.6) is 0 Å². The Labute approximate surface area is 70.3 Å². The Morgan fingerprint density at radius 2 is 2.18 bits per heavy atom. The van der Waals surface area contributed by atoms with Gasteiger partial charge in [-0.05, 0) is 13.3 Å². The number of rotatable bonds is 4. The molecule has 0 amide bonds. The van der Waals surface area contributed by atoms with Crippen molar-refractivity contribution in [3.63, 3.8) is 0 Å². The molecule has 11 heavy (non-hydrogen) atoms. The number of carboxylic acids is 1. The van der Waals surface area contributed by atoms with E-state index in [0.717, 1.165) is 0 Å². The van der Waals surface area contributed by atoms with Crippen molar-refractivity contribution < 1.29 is 15.0 Å². The van der Waals surface area contributed by atoms with Crippen LogP contribution in [0.2, 0.25) is 0 Å². The fraction of sp³-hybridized carbons (Fsp3) is 0.571. The molecule has 0 bridgehead atoms. The van der Waals surface area contributed by atoms with Gasteiger partial charge in [-0.15, -0.1) is 11.6 Å². The number of hydrogen-bond acceptors (Lipinski definition) is 2. The lowest BCUT2D eigenvalue weighted by molar-refractivity contribution is -0.132.